The first kappa shape index (κ1) is 25.7. The number of nitrogens with zero attached hydrogens (tertiary/aromatic N) is 3. The molecule has 4 rings (SSSR count). The molecule has 1 amide bonds. The van der Waals surface area contributed by atoms with Gasteiger partial charge in [0.2, 0.25) is 0 Å². The second-order valence-electron chi connectivity index (χ2n) is 8.50. The van der Waals surface area contributed by atoms with Gasteiger partial charge in [-0.05, 0) is 80.1 Å². The lowest BCUT2D eigenvalue weighted by molar-refractivity contribution is -0.159. The first-order valence-corrected chi connectivity index (χ1v) is 11.2. The number of carboxylic acid groups (broad SMARTS) is 2. The zero-order chi connectivity index (χ0) is 25.5. The van der Waals surface area contributed by atoms with Crippen molar-refractivity contribution in [3.8, 4) is 5.75 Å². The number of rotatable bonds is 5. The molecule has 0 aliphatic carbocycles. The molecule has 186 valence electrons. The lowest BCUT2D eigenvalue weighted by atomic mass is 9.96. The number of hydrogen-bond acceptors (Lipinski definition) is 5. The number of piperidine rings is 1. The smallest absolute Gasteiger partial charge is 0.414 e. The lowest BCUT2D eigenvalue weighted by Crippen LogP contribution is -2.41. The second-order valence-corrected chi connectivity index (χ2v) is 8.50. The van der Waals surface area contributed by atoms with E-state index in [9.17, 15) is 9.18 Å². The van der Waals surface area contributed by atoms with Crippen LogP contribution >= 0.6 is 0 Å². The van der Waals surface area contributed by atoms with E-state index >= 15 is 0 Å². The molecule has 35 heavy (non-hydrogen) atoms. The van der Waals surface area contributed by atoms with E-state index in [0.717, 1.165) is 38.0 Å². The van der Waals surface area contributed by atoms with Gasteiger partial charge in [-0.3, -0.25) is 4.79 Å². The SMILES string of the molecule is Cc1cc2ncn(CC3CCN(C(=O)COc4ccc(F)cc4)CC3)c2cc1C.O=C(O)C(=O)O. The van der Waals surface area contributed by atoms with Crippen molar-refractivity contribution in [1.29, 1.82) is 0 Å². The van der Waals surface area contributed by atoms with Gasteiger partial charge in [0.05, 0.1) is 17.4 Å². The van der Waals surface area contributed by atoms with E-state index < -0.39 is 11.9 Å². The Balaban J connectivity index is 0.000000509. The molecule has 9 nitrogen and oxygen atoms in total. The molecular weight excluding hydrogens is 457 g/mol. The molecule has 0 atom stereocenters. The maximum atomic E-state index is 12.9. The maximum Gasteiger partial charge on any atom is 0.414 e. The summed E-state index contributed by atoms with van der Waals surface area (Å²) in [6, 6.07) is 10.1. The highest BCUT2D eigenvalue weighted by Gasteiger charge is 2.24. The maximum absolute atomic E-state index is 12.9. The molecule has 0 unspecified atom stereocenters. The number of carboxylic acids is 2. The van der Waals surface area contributed by atoms with Gasteiger partial charge in [0.25, 0.3) is 5.91 Å². The minimum atomic E-state index is -1.82. The van der Waals surface area contributed by atoms with E-state index in [0.29, 0.717) is 11.7 Å². The number of carbonyl (C=O) groups is 3. The summed E-state index contributed by atoms with van der Waals surface area (Å²) in [5.41, 5.74) is 4.76. The van der Waals surface area contributed by atoms with Crippen molar-refractivity contribution in [2.75, 3.05) is 19.7 Å². The molecule has 0 radical (unpaired) electrons. The summed E-state index contributed by atoms with van der Waals surface area (Å²) in [5.74, 6) is -2.96. The summed E-state index contributed by atoms with van der Waals surface area (Å²) < 4.78 is 20.7. The first-order valence-electron chi connectivity index (χ1n) is 11.2. The normalized spacial score (nSPS) is 13.7. The summed E-state index contributed by atoms with van der Waals surface area (Å²) in [4.78, 5) is 37.0. The monoisotopic (exact) mass is 485 g/mol. The summed E-state index contributed by atoms with van der Waals surface area (Å²) in [7, 11) is 0. The molecule has 0 saturated carbocycles. The number of aryl methyl sites for hydroxylation is 2. The molecule has 1 aliphatic rings. The number of ether oxygens (including phenoxy) is 1. The highest BCUT2D eigenvalue weighted by Crippen LogP contribution is 2.24. The van der Waals surface area contributed by atoms with Crippen molar-refractivity contribution in [2.45, 2.75) is 33.2 Å². The molecule has 3 aromatic rings. The van der Waals surface area contributed by atoms with E-state index in [1.165, 1.54) is 40.9 Å². The van der Waals surface area contributed by atoms with Crippen LogP contribution in [0.2, 0.25) is 0 Å². The Labute approximate surface area is 201 Å². The van der Waals surface area contributed by atoms with Crippen LogP contribution in [-0.2, 0) is 20.9 Å². The van der Waals surface area contributed by atoms with Gasteiger partial charge in [0, 0.05) is 19.6 Å². The fraction of sp³-hybridized carbons (Fsp3) is 0.360. The number of halogens is 1. The summed E-state index contributed by atoms with van der Waals surface area (Å²) in [6.45, 7) is 6.63. The van der Waals surface area contributed by atoms with Gasteiger partial charge in [0.1, 0.15) is 11.6 Å². The van der Waals surface area contributed by atoms with Gasteiger partial charge in [-0.15, -0.1) is 0 Å². The van der Waals surface area contributed by atoms with Crippen LogP contribution in [0.4, 0.5) is 4.39 Å². The molecule has 1 fully saturated rings. The second kappa shape index (κ2) is 11.5. The third-order valence-electron chi connectivity index (χ3n) is 6.02. The summed E-state index contributed by atoms with van der Waals surface area (Å²) in [5, 5.41) is 14.8. The zero-order valence-electron chi connectivity index (χ0n) is 19.6. The zero-order valence-corrected chi connectivity index (χ0v) is 19.6. The average Bonchev–Trinajstić information content (AvgIpc) is 3.20. The highest BCUT2D eigenvalue weighted by molar-refractivity contribution is 6.27. The number of likely N-dealkylation sites (tertiary alicyclic amines) is 1. The van der Waals surface area contributed by atoms with E-state index in [4.69, 9.17) is 24.5 Å². The van der Waals surface area contributed by atoms with E-state index in [-0.39, 0.29) is 18.3 Å². The van der Waals surface area contributed by atoms with Crippen LogP contribution in [0.3, 0.4) is 0 Å². The Bertz CT molecular complexity index is 1190. The quantitative estimate of drug-likeness (QED) is 0.532. The van der Waals surface area contributed by atoms with Gasteiger partial charge in [-0.25, -0.2) is 19.0 Å². The van der Waals surface area contributed by atoms with Crippen LogP contribution in [0.1, 0.15) is 24.0 Å². The molecule has 2 heterocycles. The molecule has 2 aromatic carbocycles. The summed E-state index contributed by atoms with van der Waals surface area (Å²) in [6.07, 6.45) is 3.86. The Kier molecular flexibility index (Phi) is 8.40. The van der Waals surface area contributed by atoms with Crippen molar-refractivity contribution in [3.63, 3.8) is 0 Å². The van der Waals surface area contributed by atoms with Gasteiger partial charge in [-0.2, -0.15) is 0 Å². The number of amides is 1. The van der Waals surface area contributed by atoms with Crippen molar-refractivity contribution in [1.82, 2.24) is 14.5 Å². The standard InChI is InChI=1S/C23H26FN3O2.C2H2O4/c1-16-11-21-22(12-17(16)2)27(15-25-21)13-18-7-9-26(10-8-18)23(28)14-29-20-5-3-19(24)4-6-20;3-1(4)2(5)6/h3-6,11-12,15,18H,7-10,13-14H2,1-2H3;(H,3,4)(H,5,6). The molecule has 1 aromatic heterocycles. The van der Waals surface area contributed by atoms with Crippen molar-refractivity contribution >= 4 is 28.9 Å². The first-order chi connectivity index (χ1) is 16.6. The molecule has 0 bridgehead atoms. The number of aliphatic carboxylic acids is 2. The van der Waals surface area contributed by atoms with E-state index in [2.05, 4.69) is 35.5 Å². The molecule has 10 heteroatoms. The van der Waals surface area contributed by atoms with Crippen molar-refractivity contribution in [2.24, 2.45) is 5.92 Å². The van der Waals surface area contributed by atoms with E-state index in [1.54, 1.807) is 0 Å². The topological polar surface area (TPSA) is 122 Å². The Morgan fingerprint density at radius 3 is 2.23 bits per heavy atom. The van der Waals surface area contributed by atoms with Crippen LogP contribution in [-0.4, -0.2) is 62.2 Å². The van der Waals surface area contributed by atoms with Crippen LogP contribution in [0.25, 0.3) is 11.0 Å². The highest BCUT2D eigenvalue weighted by atomic mass is 19.1. The molecular formula is C25H28FN3O6. The van der Waals surface area contributed by atoms with Gasteiger partial charge < -0.3 is 24.4 Å². The van der Waals surface area contributed by atoms with Crippen LogP contribution in [0.15, 0.2) is 42.7 Å². The van der Waals surface area contributed by atoms with E-state index in [1.807, 2.05) is 11.2 Å². The Morgan fingerprint density at radius 1 is 1.03 bits per heavy atom. The third kappa shape index (κ3) is 7.02. The predicted molar refractivity (Wildman–Crippen MR) is 126 cm³/mol. The number of carbonyl (C=O) groups excluding carboxylic acids is 1. The van der Waals surface area contributed by atoms with Crippen LogP contribution in [0, 0.1) is 25.6 Å². The van der Waals surface area contributed by atoms with Crippen molar-refractivity contribution < 1.29 is 33.7 Å². The number of imidazole rings is 1. The minimum Gasteiger partial charge on any atom is -0.484 e. The third-order valence-corrected chi connectivity index (χ3v) is 6.02. The minimum absolute atomic E-state index is 0.0128. The fourth-order valence-corrected chi connectivity index (χ4v) is 3.87. The number of fused-ring (bicyclic) bond motifs is 1. The molecule has 0 spiro atoms. The van der Waals surface area contributed by atoms with Gasteiger partial charge in [-0.1, -0.05) is 0 Å². The van der Waals surface area contributed by atoms with Gasteiger partial charge >= 0.3 is 11.9 Å². The number of hydrogen-bond donors (Lipinski definition) is 2. The fourth-order valence-electron chi connectivity index (χ4n) is 3.87. The average molecular weight is 486 g/mol. The number of benzene rings is 2. The largest absolute Gasteiger partial charge is 0.484 e. The molecule has 2 N–H and O–H groups in total. The molecule has 1 aliphatic heterocycles. The number of aromatic nitrogens is 2. The predicted octanol–water partition coefficient (Wildman–Crippen LogP) is 3.27. The summed E-state index contributed by atoms with van der Waals surface area (Å²) >= 11 is 0. The van der Waals surface area contributed by atoms with Crippen molar-refractivity contribution in [3.05, 3.63) is 59.7 Å². The Morgan fingerprint density at radius 2 is 1.63 bits per heavy atom. The van der Waals surface area contributed by atoms with Crippen LogP contribution in [0.5, 0.6) is 5.75 Å². The van der Waals surface area contributed by atoms with Gasteiger partial charge in [0.15, 0.2) is 6.61 Å². The van der Waals surface area contributed by atoms with Crippen LogP contribution < -0.4 is 4.74 Å². The Hall–Kier alpha value is -3.95. The molecule has 1 saturated heterocycles. The lowest BCUT2D eigenvalue weighted by Gasteiger charge is -2.32.